The van der Waals surface area contributed by atoms with Gasteiger partial charge in [0.1, 0.15) is 0 Å². The van der Waals surface area contributed by atoms with E-state index < -0.39 is 0 Å². The molecule has 2 fully saturated rings. The van der Waals surface area contributed by atoms with E-state index in [-0.39, 0.29) is 0 Å². The van der Waals surface area contributed by atoms with Gasteiger partial charge in [0.05, 0.1) is 0 Å². The van der Waals surface area contributed by atoms with Crippen molar-refractivity contribution in [3.05, 3.63) is 35.4 Å². The Hall–Kier alpha value is -0.900. The Morgan fingerprint density at radius 2 is 1.62 bits per heavy atom. The van der Waals surface area contributed by atoms with Gasteiger partial charge in [-0.25, -0.2) is 0 Å². The Kier molecular flexibility index (Phi) is 5.67. The minimum absolute atomic E-state index is 1.14. The molecule has 2 aliphatic heterocycles. The predicted molar refractivity (Wildman–Crippen MR) is 88.6 cm³/mol. The molecule has 1 aromatic rings. The molecule has 3 nitrogen and oxygen atoms in total. The summed E-state index contributed by atoms with van der Waals surface area (Å²) < 4.78 is 0. The Balaban J connectivity index is 1.50. The lowest BCUT2D eigenvalue weighted by atomic mass is 10.1. The molecule has 0 bridgehead atoms. The normalized spacial score (nSPS) is 21.5. The van der Waals surface area contributed by atoms with Gasteiger partial charge in [0.15, 0.2) is 0 Å². The van der Waals surface area contributed by atoms with Crippen LogP contribution >= 0.6 is 0 Å². The molecule has 0 unspecified atom stereocenters. The number of hydrogen-bond donors (Lipinski definition) is 1. The highest BCUT2D eigenvalue weighted by molar-refractivity contribution is 5.23. The summed E-state index contributed by atoms with van der Waals surface area (Å²) in [4.78, 5) is 5.19. The lowest BCUT2D eigenvalue weighted by molar-refractivity contribution is 0.221. The average molecular weight is 287 g/mol. The first-order valence-electron chi connectivity index (χ1n) is 8.63. The van der Waals surface area contributed by atoms with Crippen molar-refractivity contribution >= 4 is 0 Å². The number of hydrogen-bond acceptors (Lipinski definition) is 3. The quantitative estimate of drug-likeness (QED) is 0.895. The molecule has 0 aromatic heterocycles. The SMILES string of the molecule is c1cc(CCN2CCNCC2)cc(CN2CCCCC2)c1. The summed E-state index contributed by atoms with van der Waals surface area (Å²) in [6, 6.07) is 9.26. The third kappa shape index (κ3) is 4.80. The number of piperidine rings is 1. The van der Waals surface area contributed by atoms with Gasteiger partial charge < -0.3 is 10.2 Å². The van der Waals surface area contributed by atoms with Gasteiger partial charge in [0.2, 0.25) is 0 Å². The third-order valence-electron chi connectivity index (χ3n) is 4.77. The van der Waals surface area contributed by atoms with E-state index in [9.17, 15) is 0 Å². The van der Waals surface area contributed by atoms with Crippen molar-refractivity contribution in [3.63, 3.8) is 0 Å². The fourth-order valence-corrected chi connectivity index (χ4v) is 3.48. The van der Waals surface area contributed by atoms with Crippen LogP contribution in [0.5, 0.6) is 0 Å². The number of benzene rings is 1. The number of nitrogens with one attached hydrogen (secondary N) is 1. The van der Waals surface area contributed by atoms with Crippen molar-refractivity contribution in [2.45, 2.75) is 32.2 Å². The second kappa shape index (κ2) is 7.92. The van der Waals surface area contributed by atoms with E-state index in [1.807, 2.05) is 0 Å². The maximum absolute atomic E-state index is 3.42. The first-order valence-corrected chi connectivity index (χ1v) is 8.63. The molecule has 0 aliphatic carbocycles. The Morgan fingerprint density at radius 1 is 0.857 bits per heavy atom. The monoisotopic (exact) mass is 287 g/mol. The summed E-state index contributed by atoms with van der Waals surface area (Å²) >= 11 is 0. The van der Waals surface area contributed by atoms with Gasteiger partial charge >= 0.3 is 0 Å². The number of nitrogens with zero attached hydrogens (tertiary/aromatic N) is 2. The van der Waals surface area contributed by atoms with E-state index in [4.69, 9.17) is 0 Å². The second-order valence-electron chi connectivity index (χ2n) is 6.50. The van der Waals surface area contributed by atoms with Gasteiger partial charge in [-0.15, -0.1) is 0 Å². The lowest BCUT2D eigenvalue weighted by Crippen LogP contribution is -2.44. The van der Waals surface area contributed by atoms with Crippen LogP contribution in [-0.4, -0.2) is 55.6 Å². The fraction of sp³-hybridized carbons (Fsp3) is 0.667. The first kappa shape index (κ1) is 15.0. The molecule has 116 valence electrons. The van der Waals surface area contributed by atoms with E-state index in [1.54, 1.807) is 0 Å². The number of piperazine rings is 1. The topological polar surface area (TPSA) is 18.5 Å². The molecule has 2 saturated heterocycles. The molecule has 3 heteroatoms. The highest BCUT2D eigenvalue weighted by Gasteiger charge is 2.11. The van der Waals surface area contributed by atoms with E-state index >= 15 is 0 Å². The molecule has 1 aromatic carbocycles. The average Bonchev–Trinajstić information content (AvgIpc) is 2.55. The van der Waals surface area contributed by atoms with Gasteiger partial charge in [-0.3, -0.25) is 4.90 Å². The fourth-order valence-electron chi connectivity index (χ4n) is 3.48. The largest absolute Gasteiger partial charge is 0.314 e. The van der Waals surface area contributed by atoms with Gasteiger partial charge in [0, 0.05) is 39.3 Å². The van der Waals surface area contributed by atoms with Crippen LogP contribution in [0.25, 0.3) is 0 Å². The van der Waals surface area contributed by atoms with Crippen molar-refractivity contribution in [2.75, 3.05) is 45.8 Å². The zero-order chi connectivity index (χ0) is 14.3. The number of rotatable bonds is 5. The highest BCUT2D eigenvalue weighted by atomic mass is 15.2. The molecule has 1 N–H and O–H groups in total. The maximum Gasteiger partial charge on any atom is 0.0233 e. The molecule has 0 radical (unpaired) electrons. The maximum atomic E-state index is 3.42. The minimum atomic E-state index is 1.14. The molecule has 2 aliphatic rings. The minimum Gasteiger partial charge on any atom is -0.314 e. The van der Waals surface area contributed by atoms with Gasteiger partial charge in [-0.05, 0) is 43.5 Å². The van der Waals surface area contributed by atoms with E-state index in [0.717, 1.165) is 19.6 Å². The molecule has 0 amide bonds. The molecule has 21 heavy (non-hydrogen) atoms. The summed E-state index contributed by atoms with van der Waals surface area (Å²) in [7, 11) is 0. The molecule has 3 rings (SSSR count). The zero-order valence-electron chi connectivity index (χ0n) is 13.2. The molecule has 0 spiro atoms. The van der Waals surface area contributed by atoms with Crippen LogP contribution in [0, 0.1) is 0 Å². The van der Waals surface area contributed by atoms with Crippen LogP contribution in [0.2, 0.25) is 0 Å². The Bertz CT molecular complexity index is 420. The van der Waals surface area contributed by atoms with Crippen LogP contribution in [0.1, 0.15) is 30.4 Å². The molecular formula is C18H29N3. The first-order chi connectivity index (χ1) is 10.4. The van der Waals surface area contributed by atoms with Gasteiger partial charge in [-0.2, -0.15) is 0 Å². The van der Waals surface area contributed by atoms with Gasteiger partial charge in [0.25, 0.3) is 0 Å². The van der Waals surface area contributed by atoms with Crippen LogP contribution in [-0.2, 0) is 13.0 Å². The van der Waals surface area contributed by atoms with Crippen molar-refractivity contribution < 1.29 is 0 Å². The lowest BCUT2D eigenvalue weighted by Gasteiger charge is -2.27. The third-order valence-corrected chi connectivity index (χ3v) is 4.77. The van der Waals surface area contributed by atoms with Crippen LogP contribution in [0.3, 0.4) is 0 Å². The van der Waals surface area contributed by atoms with Crippen molar-refractivity contribution in [3.8, 4) is 0 Å². The van der Waals surface area contributed by atoms with Crippen molar-refractivity contribution in [1.82, 2.24) is 15.1 Å². The summed E-state index contributed by atoms with van der Waals surface area (Å²) in [5.74, 6) is 0. The summed E-state index contributed by atoms with van der Waals surface area (Å²) in [6.07, 6.45) is 5.36. The standard InChI is InChI=1S/C18H29N3/c1-2-10-21(11-3-1)16-18-6-4-5-17(15-18)7-12-20-13-8-19-9-14-20/h4-6,15,19H,1-3,7-14,16H2. The van der Waals surface area contributed by atoms with E-state index in [2.05, 4.69) is 39.4 Å². The van der Waals surface area contributed by atoms with Crippen molar-refractivity contribution in [2.24, 2.45) is 0 Å². The summed E-state index contributed by atoms with van der Waals surface area (Å²) in [6.45, 7) is 9.61. The summed E-state index contributed by atoms with van der Waals surface area (Å²) in [5.41, 5.74) is 3.00. The molecule has 2 heterocycles. The Labute approximate surface area is 129 Å². The van der Waals surface area contributed by atoms with E-state index in [0.29, 0.717) is 0 Å². The van der Waals surface area contributed by atoms with Crippen LogP contribution < -0.4 is 5.32 Å². The van der Waals surface area contributed by atoms with Crippen molar-refractivity contribution in [1.29, 1.82) is 0 Å². The highest BCUT2D eigenvalue weighted by Crippen LogP contribution is 2.14. The van der Waals surface area contributed by atoms with E-state index in [1.165, 1.54) is 69.5 Å². The smallest absolute Gasteiger partial charge is 0.0233 e. The van der Waals surface area contributed by atoms with Crippen LogP contribution in [0.15, 0.2) is 24.3 Å². The van der Waals surface area contributed by atoms with Gasteiger partial charge in [-0.1, -0.05) is 30.7 Å². The zero-order valence-corrected chi connectivity index (χ0v) is 13.2. The molecule has 0 saturated carbocycles. The summed E-state index contributed by atoms with van der Waals surface area (Å²) in [5, 5.41) is 3.42. The number of likely N-dealkylation sites (tertiary alicyclic amines) is 1. The molecule has 0 atom stereocenters. The molecular weight excluding hydrogens is 258 g/mol. The van der Waals surface area contributed by atoms with Crippen LogP contribution in [0.4, 0.5) is 0 Å². The predicted octanol–water partition coefficient (Wildman–Crippen LogP) is 2.12. The second-order valence-corrected chi connectivity index (χ2v) is 6.50. The Morgan fingerprint density at radius 3 is 2.43 bits per heavy atom.